The van der Waals surface area contributed by atoms with Crippen LogP contribution < -0.4 is 16.0 Å². The van der Waals surface area contributed by atoms with Crippen LogP contribution in [0.1, 0.15) is 32.1 Å². The molecule has 3 N–H and O–H groups in total. The fourth-order valence-electron chi connectivity index (χ4n) is 2.39. The summed E-state index contributed by atoms with van der Waals surface area (Å²) in [7, 11) is 0. The van der Waals surface area contributed by atoms with Crippen LogP contribution in [0, 0.1) is 5.92 Å². The lowest BCUT2D eigenvalue weighted by atomic mass is 10.0. The molecule has 2 aliphatic heterocycles. The molecule has 2 aliphatic rings. The van der Waals surface area contributed by atoms with Gasteiger partial charge in [0.05, 0.1) is 0 Å². The topological polar surface area (TPSA) is 87.3 Å². The van der Waals surface area contributed by atoms with Crippen molar-refractivity contribution in [2.75, 3.05) is 13.1 Å². The Balaban J connectivity index is 1.70. The Morgan fingerprint density at radius 1 is 1.33 bits per heavy atom. The molecular formula is C12H19N3O3. The minimum atomic E-state index is -0.545. The van der Waals surface area contributed by atoms with E-state index in [4.69, 9.17) is 0 Å². The molecule has 100 valence electrons. The molecule has 2 rings (SSSR count). The van der Waals surface area contributed by atoms with E-state index in [0.29, 0.717) is 25.2 Å². The second kappa shape index (κ2) is 5.95. The first kappa shape index (κ1) is 13.0. The normalized spacial score (nSPS) is 28.0. The first-order valence-electron chi connectivity index (χ1n) is 6.49. The highest BCUT2D eigenvalue weighted by Crippen LogP contribution is 2.14. The van der Waals surface area contributed by atoms with Crippen molar-refractivity contribution in [2.45, 2.75) is 38.1 Å². The molecule has 6 nitrogen and oxygen atoms in total. The molecule has 18 heavy (non-hydrogen) atoms. The van der Waals surface area contributed by atoms with Gasteiger partial charge in [0, 0.05) is 12.8 Å². The SMILES string of the molecule is O=C1CCC(NC(=O)CCC2CCNC2)C(=O)N1. The zero-order valence-corrected chi connectivity index (χ0v) is 10.3. The maximum Gasteiger partial charge on any atom is 0.249 e. The Morgan fingerprint density at radius 2 is 2.17 bits per heavy atom. The lowest BCUT2D eigenvalue weighted by Gasteiger charge is -2.22. The van der Waals surface area contributed by atoms with E-state index in [-0.39, 0.29) is 17.7 Å². The van der Waals surface area contributed by atoms with Crippen molar-refractivity contribution in [1.29, 1.82) is 0 Å². The number of carbonyl (C=O) groups excluding carboxylic acids is 3. The van der Waals surface area contributed by atoms with Crippen LogP contribution in [-0.4, -0.2) is 36.9 Å². The van der Waals surface area contributed by atoms with E-state index in [1.807, 2.05) is 0 Å². The van der Waals surface area contributed by atoms with Gasteiger partial charge in [0.15, 0.2) is 0 Å². The summed E-state index contributed by atoms with van der Waals surface area (Å²) in [5.41, 5.74) is 0. The average Bonchev–Trinajstić information content (AvgIpc) is 2.83. The number of hydrogen-bond acceptors (Lipinski definition) is 4. The molecule has 0 spiro atoms. The highest BCUT2D eigenvalue weighted by atomic mass is 16.2. The van der Waals surface area contributed by atoms with Gasteiger partial charge in [-0.2, -0.15) is 0 Å². The van der Waals surface area contributed by atoms with Crippen molar-refractivity contribution >= 4 is 17.7 Å². The molecule has 0 aromatic carbocycles. The van der Waals surface area contributed by atoms with Crippen molar-refractivity contribution in [1.82, 2.24) is 16.0 Å². The van der Waals surface area contributed by atoms with E-state index < -0.39 is 6.04 Å². The zero-order chi connectivity index (χ0) is 13.0. The third-order valence-electron chi connectivity index (χ3n) is 3.52. The van der Waals surface area contributed by atoms with Crippen LogP contribution in [0.2, 0.25) is 0 Å². The van der Waals surface area contributed by atoms with Gasteiger partial charge in [0.2, 0.25) is 17.7 Å². The first-order valence-corrected chi connectivity index (χ1v) is 6.49. The summed E-state index contributed by atoms with van der Waals surface area (Å²) in [6, 6.07) is -0.545. The summed E-state index contributed by atoms with van der Waals surface area (Å²) in [5.74, 6) is -0.182. The van der Waals surface area contributed by atoms with Crippen LogP contribution in [0.4, 0.5) is 0 Å². The molecule has 6 heteroatoms. The Bertz CT molecular complexity index is 350. The number of amides is 3. The molecule has 0 bridgehead atoms. The highest BCUT2D eigenvalue weighted by Gasteiger charge is 2.27. The van der Waals surface area contributed by atoms with Crippen molar-refractivity contribution in [2.24, 2.45) is 5.92 Å². The zero-order valence-electron chi connectivity index (χ0n) is 10.3. The standard InChI is InChI=1S/C12H19N3O3/c16-10(3-1-8-5-6-13-7-8)14-9-2-4-11(17)15-12(9)18/h8-9,13H,1-7H2,(H,14,16)(H,15,17,18). The molecule has 2 saturated heterocycles. The van der Waals surface area contributed by atoms with Crippen molar-refractivity contribution < 1.29 is 14.4 Å². The van der Waals surface area contributed by atoms with E-state index in [0.717, 1.165) is 25.9 Å². The maximum absolute atomic E-state index is 11.7. The van der Waals surface area contributed by atoms with Crippen LogP contribution in [0.25, 0.3) is 0 Å². The van der Waals surface area contributed by atoms with Gasteiger partial charge in [0.25, 0.3) is 0 Å². The van der Waals surface area contributed by atoms with Crippen LogP contribution in [0.15, 0.2) is 0 Å². The van der Waals surface area contributed by atoms with Crippen molar-refractivity contribution in [3.05, 3.63) is 0 Å². The summed E-state index contributed by atoms with van der Waals surface area (Å²) in [5, 5.41) is 8.17. The minimum absolute atomic E-state index is 0.101. The van der Waals surface area contributed by atoms with Crippen LogP contribution in [0.5, 0.6) is 0 Å². The number of nitrogens with one attached hydrogen (secondary N) is 3. The van der Waals surface area contributed by atoms with Gasteiger partial charge in [-0.3, -0.25) is 19.7 Å². The van der Waals surface area contributed by atoms with E-state index in [2.05, 4.69) is 16.0 Å². The van der Waals surface area contributed by atoms with Crippen molar-refractivity contribution in [3.8, 4) is 0 Å². The monoisotopic (exact) mass is 253 g/mol. The molecule has 0 aromatic heterocycles. The van der Waals surface area contributed by atoms with E-state index in [9.17, 15) is 14.4 Å². The predicted molar refractivity (Wildman–Crippen MR) is 64.5 cm³/mol. The Kier molecular flexibility index (Phi) is 4.30. The predicted octanol–water partition coefficient (Wildman–Crippen LogP) is -0.702. The third-order valence-corrected chi connectivity index (χ3v) is 3.52. The molecule has 0 radical (unpaired) electrons. The number of piperidine rings is 1. The molecule has 2 unspecified atom stereocenters. The van der Waals surface area contributed by atoms with Gasteiger partial charge in [0.1, 0.15) is 6.04 Å². The average molecular weight is 253 g/mol. The summed E-state index contributed by atoms with van der Waals surface area (Å²) < 4.78 is 0. The lowest BCUT2D eigenvalue weighted by molar-refractivity contribution is -0.137. The van der Waals surface area contributed by atoms with Gasteiger partial charge in [-0.25, -0.2) is 0 Å². The lowest BCUT2D eigenvalue weighted by Crippen LogP contribution is -2.52. The summed E-state index contributed by atoms with van der Waals surface area (Å²) in [6.07, 6.45) is 3.12. The summed E-state index contributed by atoms with van der Waals surface area (Å²) in [4.78, 5) is 34.1. The smallest absolute Gasteiger partial charge is 0.249 e. The van der Waals surface area contributed by atoms with Gasteiger partial charge >= 0.3 is 0 Å². The molecule has 2 heterocycles. The van der Waals surface area contributed by atoms with Gasteiger partial charge in [-0.1, -0.05) is 0 Å². The number of rotatable bonds is 4. The minimum Gasteiger partial charge on any atom is -0.344 e. The molecule has 0 saturated carbocycles. The molecule has 2 atom stereocenters. The number of carbonyl (C=O) groups is 3. The first-order chi connectivity index (χ1) is 8.65. The largest absolute Gasteiger partial charge is 0.344 e. The molecular weight excluding hydrogens is 234 g/mol. The van der Waals surface area contributed by atoms with Gasteiger partial charge < -0.3 is 10.6 Å². The number of hydrogen-bond donors (Lipinski definition) is 3. The molecule has 0 aliphatic carbocycles. The Hall–Kier alpha value is -1.43. The fraction of sp³-hybridized carbons (Fsp3) is 0.750. The second-order valence-corrected chi connectivity index (χ2v) is 4.97. The summed E-state index contributed by atoms with van der Waals surface area (Å²) in [6.45, 7) is 2.01. The van der Waals surface area contributed by atoms with Crippen molar-refractivity contribution in [3.63, 3.8) is 0 Å². The number of imide groups is 1. The van der Waals surface area contributed by atoms with Crippen LogP contribution >= 0.6 is 0 Å². The molecule has 0 aromatic rings. The maximum atomic E-state index is 11.7. The third kappa shape index (κ3) is 3.53. The molecule has 3 amide bonds. The van der Waals surface area contributed by atoms with Crippen LogP contribution in [0.3, 0.4) is 0 Å². The van der Waals surface area contributed by atoms with E-state index in [1.54, 1.807) is 0 Å². The quantitative estimate of drug-likeness (QED) is 0.578. The van der Waals surface area contributed by atoms with Gasteiger partial charge in [-0.05, 0) is 38.3 Å². The highest BCUT2D eigenvalue weighted by molar-refractivity contribution is 6.01. The fourth-order valence-corrected chi connectivity index (χ4v) is 2.39. The Labute approximate surface area is 106 Å². The van der Waals surface area contributed by atoms with Gasteiger partial charge in [-0.15, -0.1) is 0 Å². The summed E-state index contributed by atoms with van der Waals surface area (Å²) >= 11 is 0. The Morgan fingerprint density at radius 3 is 2.83 bits per heavy atom. The molecule has 2 fully saturated rings. The van der Waals surface area contributed by atoms with Crippen LogP contribution in [-0.2, 0) is 14.4 Å². The second-order valence-electron chi connectivity index (χ2n) is 4.97. The van der Waals surface area contributed by atoms with E-state index >= 15 is 0 Å². The van der Waals surface area contributed by atoms with E-state index in [1.165, 1.54) is 0 Å².